The second-order valence-electron chi connectivity index (χ2n) is 13.9. The van der Waals surface area contributed by atoms with Gasteiger partial charge in [-0.1, -0.05) is 24.3 Å². The number of fused-ring (bicyclic) bond motifs is 6. The summed E-state index contributed by atoms with van der Waals surface area (Å²) in [4.78, 5) is 7.19. The van der Waals surface area contributed by atoms with Crippen LogP contribution in [0.25, 0.3) is 21.8 Å². The fourth-order valence-corrected chi connectivity index (χ4v) is 7.92. The zero-order chi connectivity index (χ0) is 35.5. The molecule has 2 heterocycles. The first kappa shape index (κ1) is 34.6. The average molecular weight is 689 g/mol. The number of aromatic nitrogens is 2. The lowest BCUT2D eigenvalue weighted by Gasteiger charge is -2.21. The van der Waals surface area contributed by atoms with Crippen LogP contribution in [-0.2, 0) is 38.5 Å². The molecule has 0 amide bonds. The molecule has 2 atom stereocenters. The van der Waals surface area contributed by atoms with Crippen LogP contribution in [0.2, 0.25) is 0 Å². The number of ether oxygens (including phenoxy) is 3. The van der Waals surface area contributed by atoms with Crippen molar-refractivity contribution in [2.75, 3.05) is 35.4 Å². The minimum absolute atomic E-state index is 0.289. The zero-order valence-electron chi connectivity index (χ0n) is 30.3. The van der Waals surface area contributed by atoms with Crippen LogP contribution >= 0.6 is 0 Å². The Balaban J connectivity index is 0.000000159. The van der Waals surface area contributed by atoms with E-state index in [1.54, 1.807) is 26.4 Å². The third-order valence-corrected chi connectivity index (χ3v) is 10.8. The fourth-order valence-electron chi connectivity index (χ4n) is 7.92. The summed E-state index contributed by atoms with van der Waals surface area (Å²) in [6.07, 6.45) is 8.36. The van der Waals surface area contributed by atoms with Crippen molar-refractivity contribution in [1.29, 1.82) is 0 Å². The van der Waals surface area contributed by atoms with E-state index in [0.717, 1.165) is 49.2 Å². The van der Waals surface area contributed by atoms with Gasteiger partial charge in [-0.25, -0.2) is 4.39 Å². The minimum Gasteiger partial charge on any atom is -0.494 e. The highest BCUT2D eigenvalue weighted by Crippen LogP contribution is 2.33. The number of halogens is 1. The third-order valence-electron chi connectivity index (χ3n) is 10.8. The van der Waals surface area contributed by atoms with Gasteiger partial charge in [0.05, 0.1) is 21.3 Å². The Morgan fingerprint density at radius 1 is 0.588 bits per heavy atom. The Morgan fingerprint density at radius 3 is 1.51 bits per heavy atom. The number of H-pyrrole nitrogens is 2. The molecule has 4 aromatic carbocycles. The molecule has 0 saturated heterocycles. The van der Waals surface area contributed by atoms with Crippen LogP contribution < -0.4 is 24.8 Å². The van der Waals surface area contributed by atoms with E-state index in [9.17, 15) is 4.39 Å². The largest absolute Gasteiger partial charge is 0.494 e. The highest BCUT2D eigenvalue weighted by atomic mass is 19.1. The van der Waals surface area contributed by atoms with Crippen LogP contribution in [0.4, 0.5) is 4.39 Å². The second kappa shape index (κ2) is 15.2. The van der Waals surface area contributed by atoms with Gasteiger partial charge in [0.15, 0.2) is 23.1 Å². The molecular formula is C43H49FN4O3. The lowest BCUT2D eigenvalue weighted by atomic mass is 9.91. The molecule has 6 aromatic rings. The van der Waals surface area contributed by atoms with E-state index in [0.29, 0.717) is 18.5 Å². The van der Waals surface area contributed by atoms with Gasteiger partial charge in [-0.15, -0.1) is 0 Å². The number of aryl methyl sites for hydroxylation is 2. The number of rotatable bonds is 9. The van der Waals surface area contributed by atoms with E-state index in [1.165, 1.54) is 81.0 Å². The maximum Gasteiger partial charge on any atom is 0.165 e. The van der Waals surface area contributed by atoms with Crippen molar-refractivity contribution < 1.29 is 18.6 Å². The molecule has 2 aliphatic carbocycles. The Bertz CT molecular complexity index is 2150. The number of methoxy groups -OCH3 is 3. The lowest BCUT2D eigenvalue weighted by Crippen LogP contribution is -2.31. The zero-order valence-corrected chi connectivity index (χ0v) is 30.3. The summed E-state index contributed by atoms with van der Waals surface area (Å²) in [6.45, 7) is 0. The van der Waals surface area contributed by atoms with E-state index in [-0.39, 0.29) is 11.6 Å². The number of benzene rings is 4. The monoisotopic (exact) mass is 688 g/mol. The van der Waals surface area contributed by atoms with Crippen LogP contribution in [0.15, 0.2) is 72.8 Å². The first-order valence-electron chi connectivity index (χ1n) is 18.0. The van der Waals surface area contributed by atoms with Crippen LogP contribution in [0.1, 0.15) is 57.6 Å². The third kappa shape index (κ3) is 7.34. The molecule has 0 fully saturated rings. The molecule has 266 valence electrons. The second-order valence-corrected chi connectivity index (χ2v) is 13.9. The SMILES string of the molecule is CNC1CCc2[nH]c3ccc(Cc4ccc(OC)c(F)c4)cc3c2C1.CNC1CCc2[nH]c3ccc(Cc4ccc(OC)c(OC)c4)cc3c2C1. The van der Waals surface area contributed by atoms with E-state index in [1.807, 2.05) is 19.2 Å². The molecular weight excluding hydrogens is 639 g/mol. The molecule has 0 bridgehead atoms. The van der Waals surface area contributed by atoms with Crippen molar-refractivity contribution >= 4 is 21.8 Å². The van der Waals surface area contributed by atoms with Gasteiger partial charge in [-0.2, -0.15) is 0 Å². The molecule has 8 rings (SSSR count). The maximum absolute atomic E-state index is 13.9. The number of likely N-dealkylation sites (N-methyl/N-ethyl adjacent to an activating group) is 2. The van der Waals surface area contributed by atoms with Gasteiger partial charge in [0.2, 0.25) is 0 Å². The highest BCUT2D eigenvalue weighted by Gasteiger charge is 2.23. The van der Waals surface area contributed by atoms with Gasteiger partial charge >= 0.3 is 0 Å². The average Bonchev–Trinajstić information content (AvgIpc) is 3.71. The Hall–Kier alpha value is -4.79. The quantitative estimate of drug-likeness (QED) is 0.125. The molecule has 2 aliphatic rings. The van der Waals surface area contributed by atoms with Gasteiger partial charge < -0.3 is 34.8 Å². The standard InChI is InChI=1S/C22H26N2O2.C21H23FN2O/c1-23-16-6-8-20-18(13-16)17-11-14(4-7-19(17)24-20)10-15-5-9-21(25-2)22(12-15)26-3;1-23-15-5-7-20-17(12-15)16-10-13(3-6-19(16)24-20)9-14-4-8-21(25-2)18(22)11-14/h4-5,7,9,11-12,16,23-24H,6,8,10,13H2,1-3H3;3-4,6,8,10-11,15,23-24H,5,7,9,12H2,1-2H3. The summed E-state index contributed by atoms with van der Waals surface area (Å²) in [7, 11) is 8.93. The number of hydrogen-bond donors (Lipinski definition) is 4. The van der Waals surface area contributed by atoms with Crippen molar-refractivity contribution in [2.24, 2.45) is 0 Å². The predicted molar refractivity (Wildman–Crippen MR) is 204 cm³/mol. The lowest BCUT2D eigenvalue weighted by molar-refractivity contribution is 0.354. The van der Waals surface area contributed by atoms with Crippen molar-refractivity contribution in [3.8, 4) is 17.2 Å². The van der Waals surface area contributed by atoms with Crippen molar-refractivity contribution in [1.82, 2.24) is 20.6 Å². The molecule has 51 heavy (non-hydrogen) atoms. The molecule has 7 nitrogen and oxygen atoms in total. The van der Waals surface area contributed by atoms with Gasteiger partial charge in [0, 0.05) is 45.3 Å². The summed E-state index contributed by atoms with van der Waals surface area (Å²) < 4.78 is 29.7. The van der Waals surface area contributed by atoms with E-state index in [2.05, 4.69) is 76.2 Å². The van der Waals surface area contributed by atoms with Gasteiger partial charge in [-0.3, -0.25) is 0 Å². The summed E-state index contributed by atoms with van der Waals surface area (Å²) in [5.41, 5.74) is 12.8. The van der Waals surface area contributed by atoms with Crippen LogP contribution in [-0.4, -0.2) is 57.5 Å². The normalized spacial score (nSPS) is 16.7. The molecule has 8 heteroatoms. The summed E-state index contributed by atoms with van der Waals surface area (Å²) in [6, 6.07) is 25.8. The number of nitrogens with one attached hydrogen (secondary N) is 4. The van der Waals surface area contributed by atoms with Crippen LogP contribution in [0, 0.1) is 5.82 Å². The summed E-state index contributed by atoms with van der Waals surface area (Å²) >= 11 is 0. The molecule has 2 aromatic heterocycles. The van der Waals surface area contributed by atoms with Crippen molar-refractivity contribution in [3.05, 3.63) is 123 Å². The topological polar surface area (TPSA) is 83.3 Å². The van der Waals surface area contributed by atoms with Crippen molar-refractivity contribution in [2.45, 2.75) is 63.5 Å². The Labute approximate surface area is 299 Å². The van der Waals surface area contributed by atoms with E-state index < -0.39 is 0 Å². The number of hydrogen-bond acceptors (Lipinski definition) is 5. The fraction of sp³-hybridized carbons (Fsp3) is 0.349. The van der Waals surface area contributed by atoms with Crippen LogP contribution in [0.5, 0.6) is 17.2 Å². The highest BCUT2D eigenvalue weighted by molar-refractivity contribution is 5.86. The molecule has 2 unspecified atom stereocenters. The summed E-state index contributed by atoms with van der Waals surface area (Å²) in [5, 5.41) is 9.52. The molecule has 0 spiro atoms. The van der Waals surface area contributed by atoms with E-state index >= 15 is 0 Å². The minimum atomic E-state index is -0.308. The predicted octanol–water partition coefficient (Wildman–Crippen LogP) is 7.84. The number of aromatic amines is 2. The molecule has 0 saturated carbocycles. The Morgan fingerprint density at radius 2 is 1.04 bits per heavy atom. The van der Waals surface area contributed by atoms with Gasteiger partial charge in [0.1, 0.15) is 0 Å². The van der Waals surface area contributed by atoms with Crippen molar-refractivity contribution in [3.63, 3.8) is 0 Å². The maximum atomic E-state index is 13.9. The van der Waals surface area contributed by atoms with E-state index in [4.69, 9.17) is 14.2 Å². The molecule has 0 radical (unpaired) electrons. The van der Waals surface area contributed by atoms with Crippen LogP contribution in [0.3, 0.4) is 0 Å². The van der Waals surface area contributed by atoms with Gasteiger partial charge in [0.25, 0.3) is 0 Å². The first-order valence-corrected chi connectivity index (χ1v) is 18.0. The smallest absolute Gasteiger partial charge is 0.165 e. The summed E-state index contributed by atoms with van der Waals surface area (Å²) in [5.74, 6) is 1.53. The first-order chi connectivity index (χ1) is 24.9. The molecule has 4 N–H and O–H groups in total. The molecule has 0 aliphatic heterocycles. The van der Waals surface area contributed by atoms with Gasteiger partial charge in [-0.05, 0) is 147 Å². The Kier molecular flexibility index (Phi) is 10.3.